The van der Waals surface area contributed by atoms with E-state index in [9.17, 15) is 14.4 Å². The zero-order valence-corrected chi connectivity index (χ0v) is 11.4. The van der Waals surface area contributed by atoms with E-state index in [1.165, 1.54) is 12.1 Å². The standard InChI is InChI=1S/C16H13FN2O2/c1-10-5-6-14-13(7-10)15(18-21)16(20)19(14)9-11-3-2-4-12(17)8-11/h2-8,20H,9H2,1H3. The molecule has 0 spiro atoms. The van der Waals surface area contributed by atoms with Crippen LogP contribution in [-0.2, 0) is 6.54 Å². The highest BCUT2D eigenvalue weighted by Gasteiger charge is 2.17. The minimum Gasteiger partial charge on any atom is -0.493 e. The van der Waals surface area contributed by atoms with E-state index in [1.54, 1.807) is 22.8 Å². The van der Waals surface area contributed by atoms with Gasteiger partial charge in [0.1, 0.15) is 5.82 Å². The zero-order valence-electron chi connectivity index (χ0n) is 11.4. The number of aromatic nitrogens is 1. The average molecular weight is 284 g/mol. The molecule has 0 saturated carbocycles. The third-order valence-electron chi connectivity index (χ3n) is 3.49. The maximum Gasteiger partial charge on any atom is 0.222 e. The van der Waals surface area contributed by atoms with Gasteiger partial charge < -0.3 is 9.67 Å². The summed E-state index contributed by atoms with van der Waals surface area (Å²) in [6, 6.07) is 11.6. The number of benzene rings is 2. The fourth-order valence-electron chi connectivity index (χ4n) is 2.51. The monoisotopic (exact) mass is 284 g/mol. The molecule has 0 fully saturated rings. The molecule has 0 unspecified atom stereocenters. The molecule has 3 rings (SSSR count). The van der Waals surface area contributed by atoms with Gasteiger partial charge in [-0.15, -0.1) is 4.91 Å². The summed E-state index contributed by atoms with van der Waals surface area (Å²) in [4.78, 5) is 11.0. The summed E-state index contributed by atoms with van der Waals surface area (Å²) in [5.41, 5.74) is 2.37. The van der Waals surface area contributed by atoms with Crippen LogP contribution in [0.15, 0.2) is 47.6 Å². The van der Waals surface area contributed by atoms with Crippen LogP contribution in [0.1, 0.15) is 11.1 Å². The van der Waals surface area contributed by atoms with Crippen molar-refractivity contribution in [2.75, 3.05) is 0 Å². The normalized spacial score (nSPS) is 11.0. The third kappa shape index (κ3) is 2.27. The van der Waals surface area contributed by atoms with Gasteiger partial charge in [-0.3, -0.25) is 0 Å². The van der Waals surface area contributed by atoms with Crippen molar-refractivity contribution in [2.24, 2.45) is 5.18 Å². The first-order valence-corrected chi connectivity index (χ1v) is 6.50. The summed E-state index contributed by atoms with van der Waals surface area (Å²) >= 11 is 0. The van der Waals surface area contributed by atoms with Gasteiger partial charge in [-0.1, -0.05) is 23.8 Å². The minimum absolute atomic E-state index is 0.0186. The summed E-state index contributed by atoms with van der Waals surface area (Å²) in [6.07, 6.45) is 0. The molecule has 106 valence electrons. The molecule has 21 heavy (non-hydrogen) atoms. The molecule has 0 aliphatic heterocycles. The van der Waals surface area contributed by atoms with Crippen LogP contribution in [-0.4, -0.2) is 9.67 Å². The van der Waals surface area contributed by atoms with Crippen molar-refractivity contribution in [3.05, 3.63) is 64.3 Å². The van der Waals surface area contributed by atoms with Gasteiger partial charge in [-0.05, 0) is 41.9 Å². The van der Waals surface area contributed by atoms with Crippen molar-refractivity contribution >= 4 is 16.6 Å². The van der Waals surface area contributed by atoms with Crippen LogP contribution in [0.25, 0.3) is 10.9 Å². The Morgan fingerprint density at radius 1 is 1.24 bits per heavy atom. The number of aromatic hydroxyl groups is 1. The van der Waals surface area contributed by atoms with E-state index < -0.39 is 0 Å². The van der Waals surface area contributed by atoms with Crippen molar-refractivity contribution in [3.63, 3.8) is 0 Å². The number of halogens is 1. The maximum absolute atomic E-state index is 13.3. The number of aryl methyl sites for hydroxylation is 1. The van der Waals surface area contributed by atoms with Crippen molar-refractivity contribution in [1.82, 2.24) is 4.57 Å². The predicted molar refractivity (Wildman–Crippen MR) is 79.3 cm³/mol. The molecule has 0 saturated heterocycles. The maximum atomic E-state index is 13.3. The lowest BCUT2D eigenvalue weighted by Gasteiger charge is -2.07. The fourth-order valence-corrected chi connectivity index (χ4v) is 2.51. The van der Waals surface area contributed by atoms with E-state index in [0.29, 0.717) is 16.5 Å². The Balaban J connectivity index is 2.18. The number of rotatable bonds is 3. The lowest BCUT2D eigenvalue weighted by Crippen LogP contribution is -1.99. The van der Waals surface area contributed by atoms with Gasteiger partial charge in [0.25, 0.3) is 0 Å². The number of hydrogen-bond donors (Lipinski definition) is 1. The Bertz CT molecular complexity index is 840. The smallest absolute Gasteiger partial charge is 0.222 e. The third-order valence-corrected chi connectivity index (χ3v) is 3.49. The second-order valence-corrected chi connectivity index (χ2v) is 5.00. The first kappa shape index (κ1) is 13.3. The highest BCUT2D eigenvalue weighted by atomic mass is 19.1. The van der Waals surface area contributed by atoms with Gasteiger partial charge >= 0.3 is 0 Å². The first-order chi connectivity index (χ1) is 10.1. The second kappa shape index (κ2) is 5.01. The summed E-state index contributed by atoms with van der Waals surface area (Å²) in [7, 11) is 0. The van der Waals surface area contributed by atoms with Crippen LogP contribution in [0.3, 0.4) is 0 Å². The van der Waals surface area contributed by atoms with Gasteiger partial charge in [0.15, 0.2) is 5.69 Å². The molecule has 1 heterocycles. The predicted octanol–water partition coefficient (Wildman–Crippen LogP) is 4.24. The van der Waals surface area contributed by atoms with Crippen molar-refractivity contribution in [1.29, 1.82) is 0 Å². The molecule has 0 atom stereocenters. The molecule has 0 aliphatic rings. The summed E-state index contributed by atoms with van der Waals surface area (Å²) in [6.45, 7) is 2.16. The van der Waals surface area contributed by atoms with E-state index in [1.807, 2.05) is 19.1 Å². The molecule has 0 bridgehead atoms. The molecule has 1 aromatic heterocycles. The van der Waals surface area contributed by atoms with Gasteiger partial charge in [0.05, 0.1) is 12.1 Å². The quantitative estimate of drug-likeness (QED) is 0.731. The summed E-state index contributed by atoms with van der Waals surface area (Å²) < 4.78 is 14.8. The Hall–Kier alpha value is -2.69. The average Bonchev–Trinajstić information content (AvgIpc) is 2.70. The van der Waals surface area contributed by atoms with Crippen molar-refractivity contribution in [2.45, 2.75) is 13.5 Å². The largest absolute Gasteiger partial charge is 0.493 e. The van der Waals surface area contributed by atoms with Gasteiger partial charge in [-0.2, -0.15) is 0 Å². The molecular formula is C16H13FN2O2. The number of hydrogen-bond acceptors (Lipinski definition) is 3. The Labute approximate surface area is 120 Å². The second-order valence-electron chi connectivity index (χ2n) is 5.00. The topological polar surface area (TPSA) is 54.6 Å². The minimum atomic E-state index is -0.340. The number of nitrogens with zero attached hydrogens (tertiary/aromatic N) is 2. The Morgan fingerprint density at radius 2 is 2.05 bits per heavy atom. The molecule has 2 aromatic carbocycles. The lowest BCUT2D eigenvalue weighted by molar-refractivity contribution is 0.430. The fraction of sp³-hybridized carbons (Fsp3) is 0.125. The van der Waals surface area contributed by atoms with Crippen LogP contribution in [0, 0.1) is 17.6 Å². The van der Waals surface area contributed by atoms with Crippen molar-refractivity contribution < 1.29 is 9.50 Å². The lowest BCUT2D eigenvalue weighted by atomic mass is 10.1. The van der Waals surface area contributed by atoms with E-state index in [-0.39, 0.29) is 23.9 Å². The van der Waals surface area contributed by atoms with E-state index >= 15 is 0 Å². The highest BCUT2D eigenvalue weighted by Crippen LogP contribution is 2.39. The number of nitroso groups, excluding NO2 is 1. The molecule has 0 radical (unpaired) electrons. The van der Waals surface area contributed by atoms with Crippen LogP contribution in [0.4, 0.5) is 10.1 Å². The van der Waals surface area contributed by atoms with Crippen molar-refractivity contribution in [3.8, 4) is 5.88 Å². The highest BCUT2D eigenvalue weighted by molar-refractivity contribution is 5.95. The molecule has 3 aromatic rings. The molecular weight excluding hydrogens is 271 g/mol. The molecule has 4 nitrogen and oxygen atoms in total. The number of fused-ring (bicyclic) bond motifs is 1. The molecule has 0 amide bonds. The van der Waals surface area contributed by atoms with E-state index in [4.69, 9.17) is 0 Å². The van der Waals surface area contributed by atoms with Crippen LogP contribution < -0.4 is 0 Å². The van der Waals surface area contributed by atoms with Gasteiger partial charge in [-0.25, -0.2) is 4.39 Å². The molecule has 1 N–H and O–H groups in total. The Kier molecular flexibility index (Phi) is 3.17. The van der Waals surface area contributed by atoms with Gasteiger partial charge in [0, 0.05) is 5.39 Å². The van der Waals surface area contributed by atoms with Crippen LogP contribution in [0.2, 0.25) is 0 Å². The van der Waals surface area contributed by atoms with Crippen LogP contribution in [0.5, 0.6) is 5.88 Å². The van der Waals surface area contributed by atoms with Gasteiger partial charge in [0.2, 0.25) is 5.88 Å². The summed E-state index contributed by atoms with van der Waals surface area (Å²) in [5, 5.41) is 13.7. The SMILES string of the molecule is Cc1ccc2c(c1)c(N=O)c(O)n2Cc1cccc(F)c1. The van der Waals surface area contributed by atoms with E-state index in [0.717, 1.165) is 5.56 Å². The first-order valence-electron chi connectivity index (χ1n) is 6.50. The molecule has 0 aliphatic carbocycles. The van der Waals surface area contributed by atoms with Crippen LogP contribution >= 0.6 is 0 Å². The zero-order chi connectivity index (χ0) is 15.0. The Morgan fingerprint density at radius 3 is 2.76 bits per heavy atom. The summed E-state index contributed by atoms with van der Waals surface area (Å²) in [5.74, 6) is -0.539. The molecule has 5 heteroatoms. The van der Waals surface area contributed by atoms with E-state index in [2.05, 4.69) is 5.18 Å².